The highest BCUT2D eigenvalue weighted by molar-refractivity contribution is 8.06. The Balaban J connectivity index is 0.000000546. The second-order valence-electron chi connectivity index (χ2n) is 4.50. The largest absolute Gasteiger partial charge is 0.512 e. The number of hydrogen-bond acceptors (Lipinski definition) is 8. The van der Waals surface area contributed by atoms with Crippen LogP contribution in [0.5, 0.6) is 0 Å². The summed E-state index contributed by atoms with van der Waals surface area (Å²) in [5, 5.41) is -12.5. The van der Waals surface area contributed by atoms with E-state index in [1.165, 1.54) is 0 Å². The lowest BCUT2D eigenvalue weighted by Gasteiger charge is -2.35. The van der Waals surface area contributed by atoms with Crippen molar-refractivity contribution < 1.29 is 73.2 Å². The van der Waals surface area contributed by atoms with E-state index in [4.69, 9.17) is 0 Å². The monoisotopic (exact) mass is 520 g/mol. The van der Waals surface area contributed by atoms with Crippen LogP contribution in [0.1, 0.15) is 0 Å². The molecule has 1 fully saturated rings. The highest BCUT2D eigenvalue weighted by atomic mass is 32.3. The van der Waals surface area contributed by atoms with Crippen LogP contribution < -0.4 is 8.25 Å². The first-order valence-electron chi connectivity index (χ1n) is 5.37. The SMILES string of the molecule is CS(=O)(=O)NS(=O)(=O)C(F)(F)F.O=S1(=O)NS(=O)(=O)C(F)(F)C(F)(F)C1(F)F. The molecule has 0 aromatic rings. The fourth-order valence-electron chi connectivity index (χ4n) is 1.00. The lowest BCUT2D eigenvalue weighted by atomic mass is 10.3. The van der Waals surface area contributed by atoms with Crippen molar-refractivity contribution in [1.82, 2.24) is 8.25 Å². The predicted octanol–water partition coefficient (Wildman–Crippen LogP) is -0.545. The first kappa shape index (κ1) is 27.1. The second kappa shape index (κ2) is 6.82. The Morgan fingerprint density at radius 2 is 1.07 bits per heavy atom. The molecule has 0 saturated carbocycles. The zero-order chi connectivity index (χ0) is 23.4. The number of nitrogens with one attached hydrogen (secondary N) is 2. The number of rotatable bonds is 2. The van der Waals surface area contributed by atoms with Gasteiger partial charge in [-0.3, -0.25) is 0 Å². The van der Waals surface area contributed by atoms with Crippen molar-refractivity contribution >= 4 is 40.1 Å². The van der Waals surface area contributed by atoms with Crippen LogP contribution in [-0.2, 0) is 40.1 Å². The van der Waals surface area contributed by atoms with E-state index < -0.39 is 62.0 Å². The van der Waals surface area contributed by atoms with Gasteiger partial charge < -0.3 is 0 Å². The maximum Gasteiger partial charge on any atom is 0.512 e. The van der Waals surface area contributed by atoms with Gasteiger partial charge in [0.1, 0.15) is 0 Å². The molecule has 0 radical (unpaired) electrons. The third kappa shape index (κ3) is 4.63. The lowest BCUT2D eigenvalue weighted by Crippen LogP contribution is -2.70. The van der Waals surface area contributed by atoms with Crippen LogP contribution in [-0.4, -0.2) is 61.9 Å². The standard InChI is InChI=1S/C3HF6NO4S2.C2H4F3NO4S2/c4-1(5)2(6,7)15(11,12)10-16(13,14)3(1,8)9;1-11(7,8)6-12(9,10)2(3,4)5/h10H;6H,1H3. The van der Waals surface area contributed by atoms with E-state index in [-0.39, 0.29) is 4.13 Å². The van der Waals surface area contributed by atoms with Crippen LogP contribution >= 0.6 is 0 Å². The van der Waals surface area contributed by atoms with E-state index in [0.717, 1.165) is 0 Å². The molecule has 23 heteroatoms. The van der Waals surface area contributed by atoms with Crippen LogP contribution in [0.15, 0.2) is 0 Å². The smallest absolute Gasteiger partial charge is 0.212 e. The quantitative estimate of drug-likeness (QED) is 0.459. The van der Waals surface area contributed by atoms with E-state index >= 15 is 0 Å². The molecule has 0 spiro atoms. The molecular formula is C5H5F9N2O8S4. The molecule has 10 nitrogen and oxygen atoms in total. The highest BCUT2D eigenvalue weighted by Gasteiger charge is 2.86. The van der Waals surface area contributed by atoms with Crippen molar-refractivity contribution in [3.8, 4) is 0 Å². The summed E-state index contributed by atoms with van der Waals surface area (Å²) in [4.78, 5) is 0. The Bertz CT molecular complexity index is 994. The predicted molar refractivity (Wildman–Crippen MR) is 68.8 cm³/mol. The fourth-order valence-corrected chi connectivity index (χ4v) is 5.96. The third-order valence-corrected chi connectivity index (χ3v) is 8.51. The van der Waals surface area contributed by atoms with Crippen molar-refractivity contribution in [1.29, 1.82) is 0 Å². The average Bonchev–Trinajstić information content (AvgIpc) is 2.31. The van der Waals surface area contributed by atoms with E-state index in [9.17, 15) is 73.2 Å². The van der Waals surface area contributed by atoms with Gasteiger partial charge in [0.25, 0.3) is 20.0 Å². The topological polar surface area (TPSA) is 161 Å². The molecule has 28 heavy (non-hydrogen) atoms. The molecule has 1 aliphatic heterocycles. The number of sulfonamides is 4. The maximum absolute atomic E-state index is 12.5. The minimum atomic E-state index is -6.57. The van der Waals surface area contributed by atoms with Gasteiger partial charge in [-0.05, 0) is 0 Å². The lowest BCUT2D eigenvalue weighted by molar-refractivity contribution is -0.246. The highest BCUT2D eigenvalue weighted by Crippen LogP contribution is 2.53. The molecule has 1 heterocycles. The van der Waals surface area contributed by atoms with Gasteiger partial charge in [0.15, 0.2) is 0 Å². The zero-order valence-corrected chi connectivity index (χ0v) is 15.6. The molecule has 0 bridgehead atoms. The van der Waals surface area contributed by atoms with Gasteiger partial charge in [0, 0.05) is 0 Å². The van der Waals surface area contributed by atoms with Crippen molar-refractivity contribution in [2.45, 2.75) is 21.9 Å². The summed E-state index contributed by atoms with van der Waals surface area (Å²) >= 11 is 0. The van der Waals surface area contributed by atoms with Gasteiger partial charge in [-0.1, -0.05) is 4.13 Å². The Labute approximate surface area is 150 Å². The van der Waals surface area contributed by atoms with Gasteiger partial charge in [-0.25, -0.2) is 33.7 Å². The first-order chi connectivity index (χ1) is 11.7. The van der Waals surface area contributed by atoms with Gasteiger partial charge >= 0.3 is 32.0 Å². The summed E-state index contributed by atoms with van der Waals surface area (Å²) in [5.74, 6) is -6.57. The minimum Gasteiger partial charge on any atom is -0.212 e. The average molecular weight is 520 g/mol. The van der Waals surface area contributed by atoms with Gasteiger partial charge in [-0.2, -0.15) is 39.5 Å². The number of alkyl halides is 9. The van der Waals surface area contributed by atoms with Gasteiger partial charge in [0.05, 0.1) is 6.26 Å². The van der Waals surface area contributed by atoms with Crippen molar-refractivity contribution in [3.63, 3.8) is 0 Å². The van der Waals surface area contributed by atoms with Gasteiger partial charge in [0.2, 0.25) is 10.0 Å². The molecule has 1 rings (SSSR count). The third-order valence-electron chi connectivity index (χ3n) is 2.19. The van der Waals surface area contributed by atoms with Crippen LogP contribution in [0.2, 0.25) is 0 Å². The molecule has 0 atom stereocenters. The Morgan fingerprint density at radius 1 is 0.786 bits per heavy atom. The van der Waals surface area contributed by atoms with E-state index in [1.807, 2.05) is 0 Å². The summed E-state index contributed by atoms with van der Waals surface area (Å²) in [6.45, 7) is 0. The van der Waals surface area contributed by atoms with E-state index in [0.29, 0.717) is 10.4 Å². The van der Waals surface area contributed by atoms with Crippen molar-refractivity contribution in [2.75, 3.05) is 6.26 Å². The zero-order valence-electron chi connectivity index (χ0n) is 12.3. The maximum atomic E-state index is 12.5. The summed E-state index contributed by atoms with van der Waals surface area (Å²) in [7, 11) is -23.1. The van der Waals surface area contributed by atoms with E-state index in [2.05, 4.69) is 0 Å². The van der Waals surface area contributed by atoms with Crippen molar-refractivity contribution in [2.24, 2.45) is 0 Å². The number of hydrogen-bond donors (Lipinski definition) is 2. The van der Waals surface area contributed by atoms with Gasteiger partial charge in [-0.15, -0.1) is 4.13 Å². The Hall–Kier alpha value is -0.910. The molecule has 0 unspecified atom stereocenters. The molecule has 0 aromatic carbocycles. The summed E-state index contributed by atoms with van der Waals surface area (Å²) in [6.07, 6.45) is 0.302. The van der Waals surface area contributed by atoms with Crippen LogP contribution in [0, 0.1) is 0 Å². The fraction of sp³-hybridized carbons (Fsp3) is 1.00. The molecule has 1 saturated heterocycles. The summed E-state index contributed by atoms with van der Waals surface area (Å²) in [6, 6.07) is 0. The molecule has 0 aromatic heterocycles. The first-order valence-corrected chi connectivity index (χ1v) is 11.7. The molecular weight excluding hydrogens is 515 g/mol. The minimum absolute atomic E-state index is 0.167. The van der Waals surface area contributed by atoms with Crippen molar-refractivity contribution in [3.05, 3.63) is 0 Å². The van der Waals surface area contributed by atoms with Crippen LogP contribution in [0.4, 0.5) is 39.5 Å². The molecule has 0 aliphatic carbocycles. The Kier molecular flexibility index (Phi) is 6.59. The summed E-state index contributed by atoms with van der Waals surface area (Å²) in [5.41, 5.74) is -5.62. The van der Waals surface area contributed by atoms with Crippen LogP contribution in [0.25, 0.3) is 0 Å². The molecule has 170 valence electrons. The number of halogens is 9. The normalized spacial score (nSPS) is 25.2. The summed E-state index contributed by atoms with van der Waals surface area (Å²) < 4.78 is 191. The molecule has 1 aliphatic rings. The molecule has 2 N–H and O–H groups in total. The Morgan fingerprint density at radius 3 is 1.25 bits per heavy atom. The molecule has 0 amide bonds. The van der Waals surface area contributed by atoms with E-state index in [1.54, 1.807) is 0 Å². The second-order valence-corrected chi connectivity index (χ2v) is 11.9. The van der Waals surface area contributed by atoms with Crippen LogP contribution in [0.3, 0.4) is 0 Å².